The van der Waals surface area contributed by atoms with Gasteiger partial charge in [0.05, 0.1) is 0 Å². The highest BCUT2D eigenvalue weighted by molar-refractivity contribution is 5.74. The third-order valence-electron chi connectivity index (χ3n) is 3.76. The van der Waals surface area contributed by atoms with Crippen LogP contribution >= 0.6 is 0 Å². The fourth-order valence-corrected chi connectivity index (χ4v) is 2.46. The van der Waals surface area contributed by atoms with Gasteiger partial charge in [-0.3, -0.25) is 0 Å². The van der Waals surface area contributed by atoms with Crippen molar-refractivity contribution in [1.82, 2.24) is 20.2 Å². The number of carbonyl (C=O) groups excluding carboxylic acids is 1. The molecular formula is C16H18FN5O. The number of halogens is 1. The Morgan fingerprint density at radius 1 is 1.09 bits per heavy atom. The first-order chi connectivity index (χ1) is 11.2. The topological polar surface area (TPSA) is 61.4 Å². The van der Waals surface area contributed by atoms with Crippen LogP contribution in [0.4, 0.5) is 15.1 Å². The van der Waals surface area contributed by atoms with E-state index in [0.29, 0.717) is 38.7 Å². The Morgan fingerprint density at radius 3 is 2.39 bits per heavy atom. The number of urea groups is 1. The van der Waals surface area contributed by atoms with Crippen molar-refractivity contribution in [2.45, 2.75) is 6.54 Å². The standard InChI is InChI=1S/C16H18FN5O/c17-14-4-2-13(3-5-14)12-20-16(23)22-10-8-21(9-11-22)15-18-6-1-7-19-15/h1-7H,8-12H2,(H,20,23). The molecule has 2 heterocycles. The maximum atomic E-state index is 12.8. The summed E-state index contributed by atoms with van der Waals surface area (Å²) in [7, 11) is 0. The van der Waals surface area contributed by atoms with Crippen molar-refractivity contribution in [2.75, 3.05) is 31.1 Å². The van der Waals surface area contributed by atoms with Crippen LogP contribution in [-0.2, 0) is 6.54 Å². The number of aromatic nitrogens is 2. The van der Waals surface area contributed by atoms with E-state index in [4.69, 9.17) is 0 Å². The number of hydrogen-bond donors (Lipinski definition) is 1. The van der Waals surface area contributed by atoms with Crippen molar-refractivity contribution in [1.29, 1.82) is 0 Å². The Labute approximate surface area is 134 Å². The lowest BCUT2D eigenvalue weighted by Gasteiger charge is -2.34. The fraction of sp³-hybridized carbons (Fsp3) is 0.312. The van der Waals surface area contributed by atoms with E-state index in [0.717, 1.165) is 5.56 Å². The number of nitrogens with one attached hydrogen (secondary N) is 1. The number of hydrogen-bond acceptors (Lipinski definition) is 4. The maximum Gasteiger partial charge on any atom is 0.317 e. The smallest absolute Gasteiger partial charge is 0.317 e. The molecule has 23 heavy (non-hydrogen) atoms. The zero-order valence-electron chi connectivity index (χ0n) is 12.7. The molecule has 0 bridgehead atoms. The predicted molar refractivity (Wildman–Crippen MR) is 84.5 cm³/mol. The minimum atomic E-state index is -0.278. The lowest BCUT2D eigenvalue weighted by molar-refractivity contribution is 0.193. The summed E-state index contributed by atoms with van der Waals surface area (Å²) < 4.78 is 12.8. The van der Waals surface area contributed by atoms with Crippen LogP contribution < -0.4 is 10.2 Å². The first-order valence-electron chi connectivity index (χ1n) is 7.51. The lowest BCUT2D eigenvalue weighted by atomic mass is 10.2. The third kappa shape index (κ3) is 3.94. The molecule has 1 saturated heterocycles. The molecule has 1 N–H and O–H groups in total. The SMILES string of the molecule is O=C(NCc1ccc(F)cc1)N1CCN(c2ncccn2)CC1. The Balaban J connectivity index is 1.47. The van der Waals surface area contributed by atoms with E-state index in [9.17, 15) is 9.18 Å². The molecule has 1 aliphatic heterocycles. The highest BCUT2D eigenvalue weighted by atomic mass is 19.1. The van der Waals surface area contributed by atoms with Gasteiger partial charge in [-0.05, 0) is 23.8 Å². The molecule has 1 aliphatic rings. The fourth-order valence-electron chi connectivity index (χ4n) is 2.46. The van der Waals surface area contributed by atoms with Gasteiger partial charge in [-0.1, -0.05) is 12.1 Å². The first kappa shape index (κ1) is 15.2. The van der Waals surface area contributed by atoms with Gasteiger partial charge in [0.2, 0.25) is 5.95 Å². The van der Waals surface area contributed by atoms with Gasteiger partial charge in [-0.15, -0.1) is 0 Å². The van der Waals surface area contributed by atoms with E-state index in [1.165, 1.54) is 12.1 Å². The van der Waals surface area contributed by atoms with Crippen LogP contribution in [-0.4, -0.2) is 47.1 Å². The van der Waals surface area contributed by atoms with Crippen LogP contribution in [0.2, 0.25) is 0 Å². The van der Waals surface area contributed by atoms with Crippen LogP contribution in [0, 0.1) is 5.82 Å². The normalized spacial score (nSPS) is 14.7. The second kappa shape index (κ2) is 7.04. The summed E-state index contributed by atoms with van der Waals surface area (Å²) in [4.78, 5) is 24.4. The minimum absolute atomic E-state index is 0.108. The van der Waals surface area contributed by atoms with Crippen LogP contribution in [0.15, 0.2) is 42.7 Å². The van der Waals surface area contributed by atoms with Crippen molar-refractivity contribution < 1.29 is 9.18 Å². The van der Waals surface area contributed by atoms with Gasteiger partial charge < -0.3 is 15.1 Å². The molecule has 0 saturated carbocycles. The zero-order chi connectivity index (χ0) is 16.1. The van der Waals surface area contributed by atoms with Gasteiger partial charge >= 0.3 is 6.03 Å². The first-order valence-corrected chi connectivity index (χ1v) is 7.51. The predicted octanol–water partition coefficient (Wildman–Crippen LogP) is 1.65. The van der Waals surface area contributed by atoms with Crippen molar-refractivity contribution >= 4 is 12.0 Å². The lowest BCUT2D eigenvalue weighted by Crippen LogP contribution is -2.52. The molecule has 1 aromatic heterocycles. The second-order valence-corrected chi connectivity index (χ2v) is 5.31. The van der Waals surface area contributed by atoms with Crippen LogP contribution in [0.5, 0.6) is 0 Å². The third-order valence-corrected chi connectivity index (χ3v) is 3.76. The number of nitrogens with zero attached hydrogens (tertiary/aromatic N) is 4. The molecule has 0 aliphatic carbocycles. The van der Waals surface area contributed by atoms with Gasteiger partial charge in [0, 0.05) is 45.1 Å². The molecule has 0 atom stereocenters. The minimum Gasteiger partial charge on any atom is -0.337 e. The molecular weight excluding hydrogens is 297 g/mol. The van der Waals surface area contributed by atoms with Gasteiger partial charge in [0.15, 0.2) is 0 Å². The molecule has 3 rings (SSSR count). The van der Waals surface area contributed by atoms with Gasteiger partial charge in [0.1, 0.15) is 5.82 Å². The van der Waals surface area contributed by atoms with Crippen LogP contribution in [0.25, 0.3) is 0 Å². The number of amides is 2. The molecule has 7 heteroatoms. The van der Waals surface area contributed by atoms with Crippen LogP contribution in [0.3, 0.4) is 0 Å². The average molecular weight is 315 g/mol. The second-order valence-electron chi connectivity index (χ2n) is 5.31. The summed E-state index contributed by atoms with van der Waals surface area (Å²) >= 11 is 0. The summed E-state index contributed by atoms with van der Waals surface area (Å²) in [5.41, 5.74) is 0.871. The van der Waals surface area contributed by atoms with Gasteiger partial charge in [-0.25, -0.2) is 19.2 Å². The van der Waals surface area contributed by atoms with Crippen molar-refractivity contribution in [3.05, 3.63) is 54.1 Å². The van der Waals surface area contributed by atoms with E-state index < -0.39 is 0 Å². The zero-order valence-corrected chi connectivity index (χ0v) is 12.7. The molecule has 120 valence electrons. The molecule has 0 spiro atoms. The quantitative estimate of drug-likeness (QED) is 0.935. The van der Waals surface area contributed by atoms with E-state index in [1.54, 1.807) is 35.5 Å². The van der Waals surface area contributed by atoms with Crippen LogP contribution in [0.1, 0.15) is 5.56 Å². The number of rotatable bonds is 3. The van der Waals surface area contributed by atoms with E-state index in [2.05, 4.69) is 20.2 Å². The monoisotopic (exact) mass is 315 g/mol. The van der Waals surface area contributed by atoms with Crippen molar-refractivity contribution in [3.63, 3.8) is 0 Å². The average Bonchev–Trinajstić information content (AvgIpc) is 2.62. The Kier molecular flexibility index (Phi) is 4.65. The summed E-state index contributed by atoms with van der Waals surface area (Å²) in [6.45, 7) is 3.03. The van der Waals surface area contributed by atoms with E-state index >= 15 is 0 Å². The highest BCUT2D eigenvalue weighted by Gasteiger charge is 2.22. The molecule has 6 nitrogen and oxygen atoms in total. The number of piperazine rings is 1. The van der Waals surface area contributed by atoms with E-state index in [-0.39, 0.29) is 11.8 Å². The largest absolute Gasteiger partial charge is 0.337 e. The summed E-state index contributed by atoms with van der Waals surface area (Å²) in [5.74, 6) is 0.415. The Hall–Kier alpha value is -2.70. The van der Waals surface area contributed by atoms with Gasteiger partial charge in [0.25, 0.3) is 0 Å². The Bertz CT molecular complexity index is 641. The highest BCUT2D eigenvalue weighted by Crippen LogP contribution is 2.10. The molecule has 0 unspecified atom stereocenters. The number of benzene rings is 1. The molecule has 2 amide bonds. The maximum absolute atomic E-state index is 12.8. The van der Waals surface area contributed by atoms with Crippen molar-refractivity contribution in [2.24, 2.45) is 0 Å². The molecule has 1 aromatic carbocycles. The van der Waals surface area contributed by atoms with E-state index in [1.807, 2.05) is 0 Å². The Morgan fingerprint density at radius 2 is 1.74 bits per heavy atom. The summed E-state index contributed by atoms with van der Waals surface area (Å²) in [5, 5.41) is 2.86. The molecule has 0 radical (unpaired) electrons. The van der Waals surface area contributed by atoms with Gasteiger partial charge in [-0.2, -0.15) is 0 Å². The summed E-state index contributed by atoms with van der Waals surface area (Å²) in [6.07, 6.45) is 3.42. The van der Waals surface area contributed by atoms with Crippen molar-refractivity contribution in [3.8, 4) is 0 Å². The molecule has 1 fully saturated rings. The molecule has 2 aromatic rings. The summed E-state index contributed by atoms with van der Waals surface area (Å²) in [6, 6.07) is 7.78. The number of carbonyl (C=O) groups is 1. The number of anilines is 1.